The molecule has 1 aromatic heterocycles. The summed E-state index contributed by atoms with van der Waals surface area (Å²) in [6.45, 7) is 0.499. The third kappa shape index (κ3) is 3.05. The minimum atomic E-state index is -0.528. The van der Waals surface area contributed by atoms with Crippen molar-refractivity contribution in [3.8, 4) is 0 Å². The summed E-state index contributed by atoms with van der Waals surface area (Å²) in [6.07, 6.45) is 4.66. The molecule has 1 saturated carbocycles. The number of rotatable bonds is 4. The lowest BCUT2D eigenvalue weighted by Gasteiger charge is -2.27. The van der Waals surface area contributed by atoms with Crippen molar-refractivity contribution in [1.29, 1.82) is 0 Å². The highest BCUT2D eigenvalue weighted by molar-refractivity contribution is 5.40. The molecule has 0 aliphatic heterocycles. The molecule has 0 bridgehead atoms. The molecule has 1 heterocycles. The van der Waals surface area contributed by atoms with Crippen molar-refractivity contribution in [3.63, 3.8) is 0 Å². The van der Waals surface area contributed by atoms with E-state index in [1.165, 1.54) is 0 Å². The second kappa shape index (κ2) is 5.92. The van der Waals surface area contributed by atoms with Gasteiger partial charge in [-0.05, 0) is 12.8 Å². The predicted molar refractivity (Wildman–Crippen MR) is 66.3 cm³/mol. The largest absolute Gasteiger partial charge is 0.393 e. The van der Waals surface area contributed by atoms with E-state index in [2.05, 4.69) is 20.7 Å². The maximum Gasteiger partial charge on any atom is 0.239 e. The van der Waals surface area contributed by atoms with Crippen LogP contribution in [0.1, 0.15) is 25.7 Å². The third-order valence-corrected chi connectivity index (χ3v) is 3.27. The molecule has 0 aromatic carbocycles. The van der Waals surface area contributed by atoms with Crippen molar-refractivity contribution in [2.24, 2.45) is 11.8 Å². The molecule has 1 aromatic rings. The van der Waals surface area contributed by atoms with E-state index >= 15 is 0 Å². The number of nitrogen functional groups attached to an aromatic ring is 1. The average molecular weight is 255 g/mol. The number of nitrogens with zero attached hydrogens (tertiary/aromatic N) is 2. The lowest BCUT2D eigenvalue weighted by molar-refractivity contribution is 0.0762. The number of nitrogens with two attached hydrogens (primary N) is 1. The molecule has 7 heteroatoms. The molecule has 0 saturated heterocycles. The van der Waals surface area contributed by atoms with Crippen LogP contribution < -0.4 is 16.6 Å². The summed E-state index contributed by atoms with van der Waals surface area (Å²) in [5.74, 6) is 5.04. The van der Waals surface area contributed by atoms with E-state index < -0.39 is 5.82 Å². The summed E-state index contributed by atoms with van der Waals surface area (Å²) in [7, 11) is 0. The van der Waals surface area contributed by atoms with Crippen LogP contribution in [0.5, 0.6) is 0 Å². The molecule has 2 atom stereocenters. The average Bonchev–Trinajstić information content (AvgIpc) is 2.39. The Kier molecular flexibility index (Phi) is 4.27. The Bertz CT molecular complexity index is 403. The molecule has 0 spiro atoms. The normalized spacial score (nSPS) is 23.7. The first-order chi connectivity index (χ1) is 8.70. The van der Waals surface area contributed by atoms with Crippen LogP contribution in [0.15, 0.2) is 6.20 Å². The van der Waals surface area contributed by atoms with Crippen molar-refractivity contribution in [2.75, 3.05) is 17.3 Å². The first-order valence-corrected chi connectivity index (χ1v) is 6.12. The Morgan fingerprint density at radius 2 is 2.22 bits per heavy atom. The molecule has 2 unspecified atom stereocenters. The maximum atomic E-state index is 13.4. The molecule has 5 N–H and O–H groups in total. The lowest BCUT2D eigenvalue weighted by Crippen LogP contribution is -2.30. The van der Waals surface area contributed by atoms with Crippen molar-refractivity contribution in [3.05, 3.63) is 12.0 Å². The molecule has 1 aliphatic rings. The number of nitrogens with one attached hydrogen (secondary N) is 2. The zero-order valence-electron chi connectivity index (χ0n) is 10.1. The Labute approximate surface area is 105 Å². The van der Waals surface area contributed by atoms with Gasteiger partial charge in [0.05, 0.1) is 12.3 Å². The van der Waals surface area contributed by atoms with Gasteiger partial charge in [0.2, 0.25) is 5.95 Å². The highest BCUT2D eigenvalue weighted by Gasteiger charge is 2.23. The van der Waals surface area contributed by atoms with Crippen LogP contribution in [-0.2, 0) is 0 Å². The summed E-state index contributed by atoms with van der Waals surface area (Å²) in [5.41, 5.74) is 2.26. The maximum absolute atomic E-state index is 13.4. The number of aromatic nitrogens is 2. The van der Waals surface area contributed by atoms with Gasteiger partial charge in [-0.3, -0.25) is 5.43 Å². The van der Waals surface area contributed by atoms with E-state index in [4.69, 9.17) is 5.84 Å². The minimum Gasteiger partial charge on any atom is -0.393 e. The van der Waals surface area contributed by atoms with Gasteiger partial charge in [-0.2, -0.15) is 4.98 Å². The standard InChI is InChI=1S/C11H18FN5O/c12-8-6-15-11(17-13)16-10(8)14-5-7-3-1-2-4-9(7)18/h6-7,9,18H,1-5,13H2,(H2,14,15,16,17). The van der Waals surface area contributed by atoms with Crippen LogP contribution in [0.3, 0.4) is 0 Å². The molecule has 1 fully saturated rings. The number of anilines is 2. The SMILES string of the molecule is NNc1ncc(F)c(NCC2CCCCC2O)n1. The predicted octanol–water partition coefficient (Wildman–Crippen LogP) is 0.864. The third-order valence-electron chi connectivity index (χ3n) is 3.27. The number of aliphatic hydroxyl groups excluding tert-OH is 1. The molecule has 2 rings (SSSR count). The first kappa shape index (κ1) is 13.0. The number of hydrogen-bond acceptors (Lipinski definition) is 6. The van der Waals surface area contributed by atoms with Gasteiger partial charge in [0.25, 0.3) is 0 Å². The molecular weight excluding hydrogens is 237 g/mol. The fourth-order valence-corrected chi connectivity index (χ4v) is 2.21. The van der Waals surface area contributed by atoms with E-state index in [9.17, 15) is 9.50 Å². The number of hydrogen-bond donors (Lipinski definition) is 4. The second-order valence-corrected chi connectivity index (χ2v) is 4.53. The van der Waals surface area contributed by atoms with E-state index in [1.807, 2.05) is 0 Å². The van der Waals surface area contributed by atoms with Gasteiger partial charge >= 0.3 is 0 Å². The number of hydrazine groups is 1. The quantitative estimate of drug-likeness (QED) is 0.471. The lowest BCUT2D eigenvalue weighted by atomic mass is 9.86. The van der Waals surface area contributed by atoms with Crippen molar-refractivity contribution < 1.29 is 9.50 Å². The van der Waals surface area contributed by atoms with Gasteiger partial charge in [-0.25, -0.2) is 15.2 Å². The molecule has 0 amide bonds. The van der Waals surface area contributed by atoms with Crippen LogP contribution in [0.4, 0.5) is 16.2 Å². The highest BCUT2D eigenvalue weighted by atomic mass is 19.1. The van der Waals surface area contributed by atoms with E-state index in [0.717, 1.165) is 31.9 Å². The van der Waals surface area contributed by atoms with Crippen LogP contribution >= 0.6 is 0 Å². The molecule has 18 heavy (non-hydrogen) atoms. The first-order valence-electron chi connectivity index (χ1n) is 6.12. The monoisotopic (exact) mass is 255 g/mol. The zero-order valence-corrected chi connectivity index (χ0v) is 10.1. The fourth-order valence-electron chi connectivity index (χ4n) is 2.21. The molecule has 1 aliphatic carbocycles. The Hall–Kier alpha value is -1.47. The van der Waals surface area contributed by atoms with Crippen LogP contribution in [0.2, 0.25) is 0 Å². The zero-order chi connectivity index (χ0) is 13.0. The summed E-state index contributed by atoms with van der Waals surface area (Å²) < 4.78 is 13.4. The molecule has 6 nitrogen and oxygen atoms in total. The Morgan fingerprint density at radius 3 is 2.94 bits per heavy atom. The smallest absolute Gasteiger partial charge is 0.239 e. The van der Waals surface area contributed by atoms with Gasteiger partial charge in [0.1, 0.15) is 0 Å². The van der Waals surface area contributed by atoms with Crippen LogP contribution in [0.25, 0.3) is 0 Å². The summed E-state index contributed by atoms with van der Waals surface area (Å²) in [4.78, 5) is 7.54. The van der Waals surface area contributed by atoms with Crippen molar-refractivity contribution in [1.82, 2.24) is 9.97 Å². The Morgan fingerprint density at radius 1 is 1.44 bits per heavy atom. The molecular formula is C11H18FN5O. The van der Waals surface area contributed by atoms with E-state index in [0.29, 0.717) is 6.54 Å². The summed E-state index contributed by atoms with van der Waals surface area (Å²) in [5, 5.41) is 12.7. The topological polar surface area (TPSA) is 96.1 Å². The van der Waals surface area contributed by atoms with Crippen molar-refractivity contribution >= 4 is 11.8 Å². The van der Waals surface area contributed by atoms with Gasteiger partial charge in [0.15, 0.2) is 11.6 Å². The van der Waals surface area contributed by atoms with E-state index in [-0.39, 0.29) is 23.8 Å². The minimum absolute atomic E-state index is 0.107. The fraction of sp³-hybridized carbons (Fsp3) is 0.636. The summed E-state index contributed by atoms with van der Waals surface area (Å²) in [6, 6.07) is 0. The van der Waals surface area contributed by atoms with Gasteiger partial charge in [-0.1, -0.05) is 12.8 Å². The van der Waals surface area contributed by atoms with Crippen molar-refractivity contribution in [2.45, 2.75) is 31.8 Å². The van der Waals surface area contributed by atoms with Gasteiger partial charge in [-0.15, -0.1) is 0 Å². The van der Waals surface area contributed by atoms with Crippen LogP contribution in [-0.4, -0.2) is 27.7 Å². The highest BCUT2D eigenvalue weighted by Crippen LogP contribution is 2.24. The second-order valence-electron chi connectivity index (χ2n) is 4.53. The van der Waals surface area contributed by atoms with E-state index in [1.54, 1.807) is 0 Å². The number of aliphatic hydroxyl groups is 1. The Balaban J connectivity index is 1.96. The molecule has 100 valence electrons. The molecule has 0 radical (unpaired) electrons. The van der Waals surface area contributed by atoms with Gasteiger partial charge in [0, 0.05) is 12.5 Å². The van der Waals surface area contributed by atoms with Gasteiger partial charge < -0.3 is 10.4 Å². The number of halogens is 1. The van der Waals surface area contributed by atoms with Crippen LogP contribution in [0, 0.1) is 11.7 Å². The summed E-state index contributed by atoms with van der Waals surface area (Å²) >= 11 is 0.